The molecule has 2 atom stereocenters. The third kappa shape index (κ3) is 30.6. The molecule has 15 rings (SSSR count). The predicted molar refractivity (Wildman–Crippen MR) is 470 cm³/mol. The van der Waals surface area contributed by atoms with Gasteiger partial charge in [-0.15, -0.1) is 90.6 Å². The second-order valence-electron chi connectivity index (χ2n) is 27.6. The van der Waals surface area contributed by atoms with Gasteiger partial charge in [-0.2, -0.15) is 183 Å². The number of rotatable bonds is 12. The summed E-state index contributed by atoms with van der Waals surface area (Å²) in [7, 11) is 4.03. The van der Waals surface area contributed by atoms with Crippen molar-refractivity contribution in [2.75, 3.05) is 5.32 Å². The fourth-order valence-electron chi connectivity index (χ4n) is 11.8. The van der Waals surface area contributed by atoms with E-state index in [0.29, 0.717) is 23.7 Å². The van der Waals surface area contributed by atoms with E-state index in [0.717, 1.165) is 78.0 Å². The van der Waals surface area contributed by atoms with Crippen LogP contribution in [0.5, 0.6) is 0 Å². The Hall–Kier alpha value is -10.8. The summed E-state index contributed by atoms with van der Waals surface area (Å²) in [5, 5.41) is 21.6. The van der Waals surface area contributed by atoms with Crippen LogP contribution in [0.1, 0.15) is 175 Å². The molecule has 2 aromatic heterocycles. The Morgan fingerprint density at radius 1 is 0.279 bits per heavy atom. The average Bonchev–Trinajstić information content (AvgIpc) is 1.65. The zero-order valence-electron chi connectivity index (χ0n) is 66.7. The van der Waals surface area contributed by atoms with Gasteiger partial charge in [-0.3, -0.25) is 9.36 Å². The first-order valence-corrected chi connectivity index (χ1v) is 37.5. The molecule has 0 aliphatic rings. The number of para-hydroxylation sites is 4. The largest absolute Gasteiger partial charge is 4.00 e. The smallest absolute Gasteiger partial charge is 0.673 e. The summed E-state index contributed by atoms with van der Waals surface area (Å²) >= 11 is 0. The van der Waals surface area contributed by atoms with Gasteiger partial charge in [-0.05, 0) is 58.5 Å². The molecule has 13 aromatic carbocycles. The minimum absolute atomic E-state index is 0. The number of aromatic nitrogens is 4. The molecule has 111 heavy (non-hydrogen) atoms. The van der Waals surface area contributed by atoms with Crippen LogP contribution >= 0.6 is 0 Å². The Labute approximate surface area is 704 Å². The maximum Gasteiger partial charge on any atom is 4.00 e. The van der Waals surface area contributed by atoms with Gasteiger partial charge in [0, 0.05) is 56.4 Å². The monoisotopic (exact) mass is 1790 g/mol. The van der Waals surface area contributed by atoms with Crippen LogP contribution in [0.2, 0.25) is 0 Å². The van der Waals surface area contributed by atoms with E-state index in [1.807, 2.05) is 236 Å². The van der Waals surface area contributed by atoms with Crippen molar-refractivity contribution in [3.8, 4) is 0 Å². The van der Waals surface area contributed by atoms with E-state index in [9.17, 15) is 0 Å². The first-order valence-electron chi connectivity index (χ1n) is 37.5. The van der Waals surface area contributed by atoms with Gasteiger partial charge in [0.1, 0.15) is 0 Å². The topological polar surface area (TPSA) is 61.8 Å². The zero-order valence-corrected chi connectivity index (χ0v) is 73.9. The predicted octanol–water partition coefficient (Wildman–Crippen LogP) is 27.7. The molecule has 8 heteroatoms. The van der Waals surface area contributed by atoms with Gasteiger partial charge in [0.15, 0.2) is 0 Å². The second kappa shape index (κ2) is 49.4. The maximum atomic E-state index is 5.43. The molecule has 1 N–H and O–H groups in total. The summed E-state index contributed by atoms with van der Waals surface area (Å²) in [6.45, 7) is 44.1. The Morgan fingerprint density at radius 3 is 0.784 bits per heavy atom. The molecule has 0 radical (unpaired) electrons. The van der Waals surface area contributed by atoms with Crippen LogP contribution in [-0.4, -0.2) is 19.6 Å². The fraction of sp³-hybridized carbons (Fsp3) is 0.155. The van der Waals surface area contributed by atoms with Gasteiger partial charge >= 0.3 is 25.8 Å². The average molecular weight is 1790 g/mol. The van der Waals surface area contributed by atoms with Crippen LogP contribution in [0.3, 0.4) is 0 Å². The van der Waals surface area contributed by atoms with Crippen molar-refractivity contribution in [3.05, 3.63) is 495 Å². The molecule has 0 aliphatic carbocycles. The van der Waals surface area contributed by atoms with E-state index in [1.54, 1.807) is 0 Å². The molecule has 0 saturated heterocycles. The number of aryl methyl sites for hydroxylation is 2. The van der Waals surface area contributed by atoms with Crippen molar-refractivity contribution in [2.45, 2.75) is 91.1 Å². The maximum absolute atomic E-state index is 5.43. The number of fused-ring (bicyclic) bond motifs is 2. The van der Waals surface area contributed by atoms with E-state index in [2.05, 4.69) is 255 Å². The van der Waals surface area contributed by atoms with Gasteiger partial charge in [0.2, 0.25) is 0 Å². The van der Waals surface area contributed by atoms with Crippen LogP contribution in [0, 0.1) is 48.5 Å². The SMILES string of the molecule is CC(C)c1cccc(C(C)C)c1NC(c1ccccc1)c1nn(C)c2ccccc12.CC(C)c1cccc(C(C)C)c1[N-]C(c1ccccc1)c1nn(C)c2ccccc12.[CH2-]c1ccccc1.[CH2-]c1ccccc1.[CH2-]c1ccccc1.[CH2-]c1ccccc1.[CH2-]c1ccccc1.[CH2-]c1ccccc1.[CH2-]c1ccccc1.[Hf+4].[Hf]. The molecule has 0 bridgehead atoms. The first kappa shape index (κ1) is 90.8. The summed E-state index contributed by atoms with van der Waals surface area (Å²) in [4.78, 5) is 0. The van der Waals surface area contributed by atoms with E-state index < -0.39 is 0 Å². The van der Waals surface area contributed by atoms with Gasteiger partial charge in [-0.1, -0.05) is 248 Å². The summed E-state index contributed by atoms with van der Waals surface area (Å²) < 4.78 is 3.95. The molecule has 6 nitrogen and oxygen atoms in total. The van der Waals surface area contributed by atoms with E-state index in [4.69, 9.17) is 15.5 Å². The van der Waals surface area contributed by atoms with Crippen LogP contribution in [-0.2, 0) is 65.8 Å². The normalized spacial score (nSPS) is 10.6. The first-order chi connectivity index (χ1) is 52.7. The van der Waals surface area contributed by atoms with E-state index in [-0.39, 0.29) is 63.8 Å². The number of benzene rings is 13. The van der Waals surface area contributed by atoms with Crippen molar-refractivity contribution in [2.24, 2.45) is 14.1 Å². The van der Waals surface area contributed by atoms with Gasteiger partial charge < -0.3 is 10.6 Å². The molecule has 564 valence electrons. The molecule has 0 saturated carbocycles. The number of nitrogens with zero attached hydrogens (tertiary/aromatic N) is 5. The summed E-state index contributed by atoms with van der Waals surface area (Å²) in [5.74, 6) is 1.67. The van der Waals surface area contributed by atoms with Crippen molar-refractivity contribution in [1.29, 1.82) is 0 Å². The van der Waals surface area contributed by atoms with Crippen LogP contribution in [0.25, 0.3) is 27.1 Å². The van der Waals surface area contributed by atoms with E-state index >= 15 is 0 Å². The molecule has 15 aromatic rings. The Morgan fingerprint density at radius 2 is 0.514 bits per heavy atom. The fourth-order valence-corrected chi connectivity index (χ4v) is 11.8. The Balaban J connectivity index is 0.000000246. The second-order valence-corrected chi connectivity index (χ2v) is 27.6. The molecule has 0 spiro atoms. The summed E-state index contributed by atoms with van der Waals surface area (Å²) in [6, 6.07) is 120. The van der Waals surface area contributed by atoms with Crippen molar-refractivity contribution >= 4 is 33.2 Å². The third-order valence-corrected chi connectivity index (χ3v) is 17.5. The van der Waals surface area contributed by atoms with Crippen LogP contribution in [0.4, 0.5) is 11.4 Å². The van der Waals surface area contributed by atoms with Crippen molar-refractivity contribution in [1.82, 2.24) is 19.6 Å². The molecule has 0 fully saturated rings. The zero-order chi connectivity index (χ0) is 78.3. The molecule has 0 amide bonds. The van der Waals surface area contributed by atoms with E-state index in [1.165, 1.54) is 38.9 Å². The Bertz CT molecular complexity index is 4330. The number of anilines is 1. The van der Waals surface area contributed by atoms with Gasteiger partial charge in [0.25, 0.3) is 0 Å². The molecule has 2 heterocycles. The molecular weight excluding hydrogens is 1680 g/mol. The third-order valence-electron chi connectivity index (χ3n) is 17.5. The minimum atomic E-state index is -0.158. The number of hydrogen-bond donors (Lipinski definition) is 1. The minimum Gasteiger partial charge on any atom is -0.673 e. The molecular formula is C103H110Hf2N6-4. The quantitative estimate of drug-likeness (QED) is 0.0979. The van der Waals surface area contributed by atoms with Crippen LogP contribution < -0.4 is 5.32 Å². The van der Waals surface area contributed by atoms with Gasteiger partial charge in [-0.25, -0.2) is 0 Å². The number of nitrogens with one attached hydrogen (secondary N) is 1. The van der Waals surface area contributed by atoms with Crippen molar-refractivity contribution < 1.29 is 51.7 Å². The van der Waals surface area contributed by atoms with Crippen LogP contribution in [0.15, 0.2) is 358 Å². The molecule has 2 unspecified atom stereocenters. The van der Waals surface area contributed by atoms with Crippen molar-refractivity contribution in [3.63, 3.8) is 0 Å². The molecule has 0 aliphatic heterocycles. The number of hydrogen-bond acceptors (Lipinski definition) is 3. The standard InChI is InChI=1S/C27H31N3.C27H30N3.7C7H7.2Hf/c2*1-18(2)21-15-11-16-22(19(3)4)26(21)28-25(20-12-7-6-8-13-20)27-23-14-9-10-17-24(23)30(5)29-27;7*1-7-5-3-2-4-6-7;;/h6-19,25,28H,1-5H3;6-19,25H,1-5H3;7*2-6H,1H2;;/q;8*-1;;+4. The van der Waals surface area contributed by atoms with Gasteiger partial charge in [0.05, 0.1) is 28.5 Å². The summed E-state index contributed by atoms with van der Waals surface area (Å²) in [6.07, 6.45) is 0. The Kier molecular flexibility index (Phi) is 40.4. The summed E-state index contributed by atoms with van der Waals surface area (Å²) in [5.41, 5.74) is 21.9.